The minimum atomic E-state index is -2.82. The number of hydrogen-bond donors (Lipinski definition) is 1. The van der Waals surface area contributed by atoms with Crippen molar-refractivity contribution in [2.75, 3.05) is 0 Å². The zero-order valence-electron chi connectivity index (χ0n) is 14.8. The molecule has 4 heteroatoms. The van der Waals surface area contributed by atoms with Crippen LogP contribution in [0.3, 0.4) is 0 Å². The SMILES string of the molecule is CCC[CH2][Sn]([CH2]CCC)([CH2]CCC)[c]1c(Cl)cccc1C(=O)O. The summed E-state index contributed by atoms with van der Waals surface area (Å²) >= 11 is 3.76. The van der Waals surface area contributed by atoms with E-state index in [-0.39, 0.29) is 0 Å². The van der Waals surface area contributed by atoms with E-state index < -0.39 is 24.3 Å². The zero-order chi connectivity index (χ0) is 17.3. The molecule has 0 atom stereocenters. The molecule has 1 aromatic carbocycles. The van der Waals surface area contributed by atoms with Gasteiger partial charge in [0.25, 0.3) is 0 Å². The maximum atomic E-state index is 11.8. The number of rotatable bonds is 11. The third-order valence-electron chi connectivity index (χ3n) is 4.80. The number of carboxylic acids is 1. The van der Waals surface area contributed by atoms with Crippen molar-refractivity contribution in [2.24, 2.45) is 0 Å². The molecule has 0 fully saturated rings. The van der Waals surface area contributed by atoms with Crippen LogP contribution in [0.25, 0.3) is 0 Å². The third kappa shape index (κ3) is 5.67. The predicted molar refractivity (Wildman–Crippen MR) is 103 cm³/mol. The molecule has 130 valence electrons. The van der Waals surface area contributed by atoms with Crippen LogP contribution in [0.4, 0.5) is 0 Å². The van der Waals surface area contributed by atoms with E-state index in [4.69, 9.17) is 11.6 Å². The molecule has 0 bridgehead atoms. The number of benzene rings is 1. The van der Waals surface area contributed by atoms with E-state index in [2.05, 4.69) is 20.8 Å². The van der Waals surface area contributed by atoms with Crippen LogP contribution in [0.5, 0.6) is 0 Å². The first kappa shape index (κ1) is 20.8. The Hall–Kier alpha value is -0.221. The zero-order valence-corrected chi connectivity index (χ0v) is 18.4. The first-order chi connectivity index (χ1) is 11.0. The van der Waals surface area contributed by atoms with Gasteiger partial charge in [-0.1, -0.05) is 0 Å². The summed E-state index contributed by atoms with van der Waals surface area (Å²) < 4.78 is 4.78. The molecule has 0 aliphatic carbocycles. The Morgan fingerprint density at radius 3 is 1.87 bits per heavy atom. The minimum absolute atomic E-state index is 0.483. The monoisotopic (exact) mass is 446 g/mol. The quantitative estimate of drug-likeness (QED) is 0.418. The molecular weight excluding hydrogens is 414 g/mol. The molecule has 0 amide bonds. The van der Waals surface area contributed by atoms with Crippen molar-refractivity contribution in [3.63, 3.8) is 0 Å². The first-order valence-corrected chi connectivity index (χ1v) is 16.9. The Kier molecular flexibility index (Phi) is 9.60. The van der Waals surface area contributed by atoms with E-state index in [1.807, 2.05) is 6.07 Å². The summed E-state index contributed by atoms with van der Waals surface area (Å²) in [5.74, 6) is -0.812. The van der Waals surface area contributed by atoms with Crippen molar-refractivity contribution in [1.82, 2.24) is 0 Å². The van der Waals surface area contributed by atoms with Crippen LogP contribution < -0.4 is 3.58 Å². The van der Waals surface area contributed by atoms with Crippen LogP contribution in [0, 0.1) is 0 Å². The Labute approximate surface area is 150 Å². The van der Waals surface area contributed by atoms with Crippen LogP contribution >= 0.6 is 11.6 Å². The van der Waals surface area contributed by atoms with Gasteiger partial charge in [0.05, 0.1) is 0 Å². The molecule has 0 spiro atoms. The number of unbranched alkanes of at least 4 members (excludes halogenated alkanes) is 3. The van der Waals surface area contributed by atoms with E-state index >= 15 is 0 Å². The van der Waals surface area contributed by atoms with Gasteiger partial charge >= 0.3 is 151 Å². The number of carboxylic acid groups (broad SMARTS) is 1. The average Bonchev–Trinajstić information content (AvgIpc) is 2.54. The molecule has 1 aromatic rings. The van der Waals surface area contributed by atoms with Crippen LogP contribution in [0.1, 0.15) is 69.7 Å². The fourth-order valence-corrected chi connectivity index (χ4v) is 22.0. The normalized spacial score (nSPS) is 11.7. The van der Waals surface area contributed by atoms with E-state index in [1.54, 1.807) is 12.1 Å². The standard InChI is InChI=1S/C7H4ClO2.3C4H9.Sn/c8-6-3-1-2-5(4-6)7(9)10;3*1-3-4-2;/h1-3H,(H,9,10);3*1,3-4H2,2H3;. The molecular formula is C19H31ClO2Sn. The van der Waals surface area contributed by atoms with Gasteiger partial charge < -0.3 is 0 Å². The molecule has 1 rings (SSSR count). The van der Waals surface area contributed by atoms with Crippen molar-refractivity contribution in [3.8, 4) is 0 Å². The van der Waals surface area contributed by atoms with E-state index in [9.17, 15) is 9.90 Å². The molecule has 1 N–H and O–H groups in total. The summed E-state index contributed by atoms with van der Waals surface area (Å²) in [6, 6.07) is 5.45. The van der Waals surface area contributed by atoms with E-state index in [0.717, 1.165) is 3.58 Å². The van der Waals surface area contributed by atoms with Gasteiger partial charge in [-0.2, -0.15) is 0 Å². The molecule has 0 aromatic heterocycles. The van der Waals surface area contributed by atoms with Crippen LogP contribution in [-0.4, -0.2) is 29.5 Å². The topological polar surface area (TPSA) is 37.3 Å². The summed E-state index contributed by atoms with van der Waals surface area (Å²) in [7, 11) is 0. The van der Waals surface area contributed by atoms with Crippen molar-refractivity contribution in [2.45, 2.75) is 72.6 Å². The van der Waals surface area contributed by atoms with Crippen molar-refractivity contribution in [3.05, 3.63) is 28.8 Å². The Balaban J connectivity index is 3.43. The molecule has 0 aliphatic heterocycles. The second-order valence-corrected chi connectivity index (χ2v) is 20.0. The van der Waals surface area contributed by atoms with E-state index in [0.29, 0.717) is 10.6 Å². The number of aromatic carboxylic acids is 1. The molecule has 23 heavy (non-hydrogen) atoms. The summed E-state index contributed by atoms with van der Waals surface area (Å²) in [6.07, 6.45) is 7.12. The van der Waals surface area contributed by atoms with Crippen molar-refractivity contribution in [1.29, 1.82) is 0 Å². The van der Waals surface area contributed by atoms with Crippen LogP contribution in [0.2, 0.25) is 18.3 Å². The van der Waals surface area contributed by atoms with Crippen molar-refractivity contribution >= 4 is 39.5 Å². The molecule has 0 aliphatic rings. The summed E-state index contributed by atoms with van der Waals surface area (Å²) in [4.78, 5) is 11.8. The fraction of sp³-hybridized carbons (Fsp3) is 0.632. The molecule has 2 nitrogen and oxygen atoms in total. The molecule has 0 saturated heterocycles. The van der Waals surface area contributed by atoms with Gasteiger partial charge in [-0.25, -0.2) is 0 Å². The predicted octanol–water partition coefficient (Wildman–Crippen LogP) is 6.09. The molecule has 0 heterocycles. The Morgan fingerprint density at radius 2 is 1.48 bits per heavy atom. The van der Waals surface area contributed by atoms with Gasteiger partial charge in [0, 0.05) is 0 Å². The van der Waals surface area contributed by atoms with Gasteiger partial charge in [-0.3, -0.25) is 0 Å². The maximum absolute atomic E-state index is 11.8. The van der Waals surface area contributed by atoms with E-state index in [1.165, 1.54) is 51.8 Å². The van der Waals surface area contributed by atoms with Gasteiger partial charge in [-0.05, 0) is 0 Å². The first-order valence-electron chi connectivity index (χ1n) is 9.04. The van der Waals surface area contributed by atoms with Gasteiger partial charge in [0.1, 0.15) is 0 Å². The molecule has 0 radical (unpaired) electrons. The van der Waals surface area contributed by atoms with Crippen LogP contribution in [-0.2, 0) is 0 Å². The van der Waals surface area contributed by atoms with Gasteiger partial charge in [0.2, 0.25) is 0 Å². The second-order valence-electron chi connectivity index (χ2n) is 6.56. The number of hydrogen-bond acceptors (Lipinski definition) is 1. The summed E-state index contributed by atoms with van der Waals surface area (Å²) in [6.45, 7) is 6.67. The van der Waals surface area contributed by atoms with Gasteiger partial charge in [0.15, 0.2) is 0 Å². The van der Waals surface area contributed by atoms with Crippen LogP contribution in [0.15, 0.2) is 18.2 Å². The Morgan fingerprint density at radius 1 is 1.00 bits per heavy atom. The molecule has 0 unspecified atom stereocenters. The third-order valence-corrected chi connectivity index (χ3v) is 21.4. The van der Waals surface area contributed by atoms with Crippen molar-refractivity contribution < 1.29 is 9.90 Å². The van der Waals surface area contributed by atoms with Gasteiger partial charge in [-0.15, -0.1) is 0 Å². The fourth-order valence-electron chi connectivity index (χ4n) is 3.54. The summed E-state index contributed by atoms with van der Waals surface area (Å²) in [5, 5.41) is 10.4. The average molecular weight is 446 g/mol. The second kappa shape index (κ2) is 10.6. The molecule has 0 saturated carbocycles. The summed E-state index contributed by atoms with van der Waals surface area (Å²) in [5.41, 5.74) is 0.483. The Bertz CT molecular complexity index is 480. The number of carbonyl (C=O) groups is 1. The number of halogens is 1.